The van der Waals surface area contributed by atoms with Gasteiger partial charge in [-0.15, -0.1) is 11.8 Å². The summed E-state index contributed by atoms with van der Waals surface area (Å²) in [4.78, 5) is 1.44. The van der Waals surface area contributed by atoms with E-state index in [-0.39, 0.29) is 4.90 Å². The van der Waals surface area contributed by atoms with Crippen LogP contribution in [-0.2, 0) is 15.5 Å². The van der Waals surface area contributed by atoms with Gasteiger partial charge in [0.25, 0.3) is 9.05 Å². The van der Waals surface area contributed by atoms with Gasteiger partial charge in [0, 0.05) is 21.3 Å². The first-order valence-electron chi connectivity index (χ1n) is 4.20. The molecule has 14 heavy (non-hydrogen) atoms. The molecule has 0 saturated heterocycles. The summed E-state index contributed by atoms with van der Waals surface area (Å²) in [5, 5.41) is 0. The van der Waals surface area contributed by atoms with Crippen molar-refractivity contribution in [1.29, 1.82) is 0 Å². The van der Waals surface area contributed by atoms with Gasteiger partial charge < -0.3 is 0 Å². The molecule has 0 fully saturated rings. The first-order valence-corrected chi connectivity index (χ1v) is 7.49. The van der Waals surface area contributed by atoms with Crippen LogP contribution in [0.5, 0.6) is 0 Å². The summed E-state index contributed by atoms with van der Waals surface area (Å²) in [6, 6.07) is 3.43. The van der Waals surface area contributed by atoms with Crippen molar-refractivity contribution < 1.29 is 8.42 Å². The third-order valence-electron chi connectivity index (χ3n) is 2.38. The second-order valence-electron chi connectivity index (χ2n) is 3.20. The van der Waals surface area contributed by atoms with Crippen molar-refractivity contribution in [2.24, 2.45) is 0 Å². The van der Waals surface area contributed by atoms with E-state index in [9.17, 15) is 8.42 Å². The Hall–Kier alpha value is -0.190. The second-order valence-corrected chi connectivity index (χ2v) is 6.87. The van der Waals surface area contributed by atoms with Gasteiger partial charge in [0.1, 0.15) is 0 Å². The minimum atomic E-state index is -3.59. The van der Waals surface area contributed by atoms with E-state index < -0.39 is 9.05 Å². The molecule has 1 aliphatic heterocycles. The van der Waals surface area contributed by atoms with Crippen LogP contribution in [0.15, 0.2) is 21.9 Å². The molecule has 0 N–H and O–H groups in total. The first kappa shape index (κ1) is 10.3. The van der Waals surface area contributed by atoms with Crippen LogP contribution in [0.2, 0.25) is 0 Å². The maximum Gasteiger partial charge on any atom is 0.261 e. The molecule has 2 nitrogen and oxygen atoms in total. The minimum absolute atomic E-state index is 0.250. The monoisotopic (exact) mass is 248 g/mol. The quantitative estimate of drug-likeness (QED) is 0.717. The lowest BCUT2D eigenvalue weighted by atomic mass is 10.1. The molecule has 0 radical (unpaired) electrons. The molecule has 1 aromatic rings. The van der Waals surface area contributed by atoms with E-state index in [1.165, 1.54) is 4.90 Å². The van der Waals surface area contributed by atoms with Crippen LogP contribution in [-0.4, -0.2) is 14.2 Å². The highest BCUT2D eigenvalue weighted by Crippen LogP contribution is 2.36. The molecule has 2 rings (SSSR count). The van der Waals surface area contributed by atoms with E-state index in [0.717, 1.165) is 23.3 Å². The Labute approximate surface area is 92.1 Å². The van der Waals surface area contributed by atoms with Crippen LogP contribution in [0.4, 0.5) is 0 Å². The van der Waals surface area contributed by atoms with Crippen molar-refractivity contribution in [2.45, 2.75) is 23.1 Å². The smallest absolute Gasteiger partial charge is 0.207 e. The minimum Gasteiger partial charge on any atom is -0.207 e. The van der Waals surface area contributed by atoms with E-state index in [1.807, 2.05) is 13.0 Å². The third-order valence-corrected chi connectivity index (χ3v) is 4.95. The fourth-order valence-electron chi connectivity index (χ4n) is 1.68. The summed E-state index contributed by atoms with van der Waals surface area (Å²) >= 11 is 1.76. The molecule has 0 aliphatic carbocycles. The first-order chi connectivity index (χ1) is 6.50. The van der Waals surface area contributed by atoms with Gasteiger partial charge in [0.2, 0.25) is 0 Å². The maximum atomic E-state index is 11.2. The molecule has 0 unspecified atom stereocenters. The van der Waals surface area contributed by atoms with Crippen LogP contribution in [0.25, 0.3) is 0 Å². The Kier molecular flexibility index (Phi) is 2.53. The van der Waals surface area contributed by atoms with Crippen LogP contribution in [0.1, 0.15) is 11.1 Å². The highest BCUT2D eigenvalue weighted by Gasteiger charge is 2.21. The summed E-state index contributed by atoms with van der Waals surface area (Å²) in [7, 11) is 1.74. The van der Waals surface area contributed by atoms with Crippen LogP contribution < -0.4 is 0 Å². The topological polar surface area (TPSA) is 34.1 Å². The Bertz CT molecular complexity index is 480. The van der Waals surface area contributed by atoms with Gasteiger partial charge in [-0.1, -0.05) is 0 Å². The lowest BCUT2D eigenvalue weighted by Gasteiger charge is -2.06. The fraction of sp³-hybridized carbons (Fsp3) is 0.333. The Morgan fingerprint density at radius 3 is 2.79 bits per heavy atom. The predicted molar refractivity (Wildman–Crippen MR) is 58.6 cm³/mol. The van der Waals surface area contributed by atoms with E-state index in [4.69, 9.17) is 10.7 Å². The van der Waals surface area contributed by atoms with Gasteiger partial charge >= 0.3 is 0 Å². The molecule has 0 spiro atoms. The number of fused-ring (bicyclic) bond motifs is 1. The van der Waals surface area contributed by atoms with Gasteiger partial charge in [-0.05, 0) is 36.6 Å². The standard InChI is InChI=1S/C9H9ClO2S2/c1-6-7-4-5-13-8(7)2-3-9(6)14(10,11)12/h2-3H,4-5H2,1H3. The third kappa shape index (κ3) is 1.66. The Balaban J connectivity index is 2.68. The van der Waals surface area contributed by atoms with Crippen molar-refractivity contribution in [3.8, 4) is 0 Å². The number of halogens is 1. The molecule has 0 saturated carbocycles. The summed E-state index contributed by atoms with van der Waals surface area (Å²) in [5.74, 6) is 1.03. The van der Waals surface area contributed by atoms with Crippen LogP contribution in [0.3, 0.4) is 0 Å². The second kappa shape index (κ2) is 3.43. The highest BCUT2D eigenvalue weighted by molar-refractivity contribution is 8.13. The molecule has 0 aromatic heterocycles. The van der Waals surface area contributed by atoms with Crippen molar-refractivity contribution in [3.05, 3.63) is 23.3 Å². The van der Waals surface area contributed by atoms with Crippen LogP contribution in [0, 0.1) is 6.92 Å². The predicted octanol–water partition coefficient (Wildman–Crippen LogP) is 2.57. The zero-order valence-corrected chi connectivity index (χ0v) is 9.97. The molecule has 1 aromatic carbocycles. The van der Waals surface area contributed by atoms with Gasteiger partial charge in [-0.3, -0.25) is 0 Å². The van der Waals surface area contributed by atoms with Crippen molar-refractivity contribution in [1.82, 2.24) is 0 Å². The van der Waals surface area contributed by atoms with E-state index in [0.29, 0.717) is 0 Å². The van der Waals surface area contributed by atoms with Crippen molar-refractivity contribution in [2.75, 3.05) is 5.75 Å². The number of hydrogen-bond acceptors (Lipinski definition) is 3. The molecule has 0 bridgehead atoms. The van der Waals surface area contributed by atoms with E-state index in [2.05, 4.69) is 0 Å². The summed E-state index contributed by atoms with van der Waals surface area (Å²) in [6.07, 6.45) is 0.937. The molecule has 1 aliphatic rings. The van der Waals surface area contributed by atoms with E-state index >= 15 is 0 Å². The molecule has 1 heterocycles. The Morgan fingerprint density at radius 1 is 1.43 bits per heavy atom. The summed E-state index contributed by atoms with van der Waals surface area (Å²) in [5.41, 5.74) is 1.94. The number of hydrogen-bond donors (Lipinski definition) is 0. The lowest BCUT2D eigenvalue weighted by molar-refractivity contribution is 0.608. The molecule has 76 valence electrons. The number of rotatable bonds is 1. The summed E-state index contributed by atoms with van der Waals surface area (Å²) < 4.78 is 22.4. The molecular weight excluding hydrogens is 240 g/mol. The molecular formula is C9H9ClO2S2. The fourth-order valence-corrected chi connectivity index (χ4v) is 4.02. The largest absolute Gasteiger partial charge is 0.261 e. The lowest BCUT2D eigenvalue weighted by Crippen LogP contribution is -1.98. The van der Waals surface area contributed by atoms with Gasteiger partial charge in [-0.2, -0.15) is 0 Å². The van der Waals surface area contributed by atoms with Crippen molar-refractivity contribution >= 4 is 31.5 Å². The normalized spacial score (nSPS) is 15.6. The SMILES string of the molecule is Cc1c(S(=O)(=O)Cl)ccc2c1CCS2. The molecule has 0 amide bonds. The number of benzene rings is 1. The van der Waals surface area contributed by atoms with Crippen LogP contribution >= 0.6 is 22.4 Å². The average molecular weight is 249 g/mol. The Morgan fingerprint density at radius 2 is 2.14 bits per heavy atom. The van der Waals surface area contributed by atoms with E-state index in [1.54, 1.807) is 17.8 Å². The average Bonchev–Trinajstić information content (AvgIpc) is 2.50. The van der Waals surface area contributed by atoms with Gasteiger partial charge in [0.15, 0.2) is 0 Å². The zero-order valence-electron chi connectivity index (χ0n) is 7.58. The highest BCUT2D eigenvalue weighted by atomic mass is 35.7. The maximum absolute atomic E-state index is 11.2. The van der Waals surface area contributed by atoms with Crippen molar-refractivity contribution in [3.63, 3.8) is 0 Å². The summed E-state index contributed by atoms with van der Waals surface area (Å²) in [6.45, 7) is 1.82. The molecule has 0 atom stereocenters. The van der Waals surface area contributed by atoms with Gasteiger partial charge in [0.05, 0.1) is 4.90 Å². The zero-order chi connectivity index (χ0) is 10.3. The van der Waals surface area contributed by atoms with Gasteiger partial charge in [-0.25, -0.2) is 8.42 Å². The number of thioether (sulfide) groups is 1. The molecule has 5 heteroatoms.